The minimum absolute atomic E-state index is 0.118. The zero-order chi connectivity index (χ0) is 25.1. The fraction of sp³-hybridized carbons (Fsp3) is 0.222. The fourth-order valence-corrected chi connectivity index (χ4v) is 5.13. The van der Waals surface area contributed by atoms with Gasteiger partial charge in [0.2, 0.25) is 5.91 Å². The fourth-order valence-electron chi connectivity index (χ4n) is 4.02. The summed E-state index contributed by atoms with van der Waals surface area (Å²) in [6.07, 6.45) is 1.92. The Morgan fingerprint density at radius 3 is 2.54 bits per heavy atom. The van der Waals surface area contributed by atoms with Crippen LogP contribution >= 0.6 is 11.3 Å². The molecule has 0 unspecified atom stereocenters. The van der Waals surface area contributed by atoms with Crippen molar-refractivity contribution >= 4 is 50.7 Å². The number of thiophene rings is 1. The summed E-state index contributed by atoms with van der Waals surface area (Å²) < 4.78 is 5.22. The van der Waals surface area contributed by atoms with Crippen molar-refractivity contribution in [2.45, 2.75) is 34.1 Å². The Labute approximate surface area is 207 Å². The number of fused-ring (bicyclic) bond motifs is 1. The van der Waals surface area contributed by atoms with Crippen LogP contribution in [0.5, 0.6) is 0 Å². The molecule has 0 saturated heterocycles. The highest BCUT2D eigenvalue weighted by Crippen LogP contribution is 2.35. The highest BCUT2D eigenvalue weighted by atomic mass is 32.1. The Balaban J connectivity index is 1.61. The molecule has 8 heteroatoms. The Kier molecular flexibility index (Phi) is 7.02. The predicted octanol–water partition coefficient (Wildman–Crippen LogP) is 5.76. The zero-order valence-corrected chi connectivity index (χ0v) is 20.9. The van der Waals surface area contributed by atoms with Gasteiger partial charge in [-0.15, -0.1) is 11.3 Å². The van der Waals surface area contributed by atoms with E-state index in [0.717, 1.165) is 38.9 Å². The number of benzene rings is 2. The summed E-state index contributed by atoms with van der Waals surface area (Å²) in [6.45, 7) is 7.49. The lowest BCUT2D eigenvalue weighted by Gasteiger charge is -2.09. The third-order valence-electron chi connectivity index (χ3n) is 5.74. The number of para-hydroxylation sites is 1. The van der Waals surface area contributed by atoms with E-state index in [1.165, 1.54) is 0 Å². The Hall–Kier alpha value is -3.91. The van der Waals surface area contributed by atoms with Crippen LogP contribution in [0.3, 0.4) is 0 Å². The van der Waals surface area contributed by atoms with Gasteiger partial charge in [0, 0.05) is 22.8 Å². The molecule has 2 amide bonds. The van der Waals surface area contributed by atoms with Crippen molar-refractivity contribution in [3.8, 4) is 0 Å². The van der Waals surface area contributed by atoms with Crippen molar-refractivity contribution < 1.29 is 19.1 Å². The minimum atomic E-state index is -0.575. The summed E-state index contributed by atoms with van der Waals surface area (Å²) in [4.78, 5) is 42.3. The molecule has 2 aromatic heterocycles. The second-order valence-electron chi connectivity index (χ2n) is 8.34. The van der Waals surface area contributed by atoms with Gasteiger partial charge in [-0.05, 0) is 56.5 Å². The summed E-state index contributed by atoms with van der Waals surface area (Å²) in [5, 5.41) is 7.02. The monoisotopic (exact) mass is 489 g/mol. The molecular formula is C27H27N3O4S. The summed E-state index contributed by atoms with van der Waals surface area (Å²) >= 11 is 1.07. The van der Waals surface area contributed by atoms with E-state index < -0.39 is 5.97 Å². The number of carbonyl (C=O) groups excluding carboxylic acids is 3. The van der Waals surface area contributed by atoms with Gasteiger partial charge in [-0.25, -0.2) is 4.79 Å². The highest BCUT2D eigenvalue weighted by molar-refractivity contribution is 7.19. The number of hydrogen-bond donors (Lipinski definition) is 3. The average molecular weight is 490 g/mol. The largest absolute Gasteiger partial charge is 0.462 e. The molecule has 4 aromatic rings. The van der Waals surface area contributed by atoms with Crippen LogP contribution in [-0.4, -0.2) is 29.4 Å². The van der Waals surface area contributed by atoms with Gasteiger partial charge in [-0.3, -0.25) is 9.59 Å². The first-order valence-electron chi connectivity index (χ1n) is 11.3. The maximum Gasteiger partial charge on any atom is 0.341 e. The number of esters is 1. The van der Waals surface area contributed by atoms with E-state index in [2.05, 4.69) is 15.6 Å². The lowest BCUT2D eigenvalue weighted by molar-refractivity contribution is -0.115. The van der Waals surface area contributed by atoms with Gasteiger partial charge >= 0.3 is 5.97 Å². The number of aryl methyl sites for hydroxylation is 2. The van der Waals surface area contributed by atoms with Crippen LogP contribution in [0.1, 0.15) is 49.2 Å². The number of carbonyl (C=O) groups is 3. The summed E-state index contributed by atoms with van der Waals surface area (Å²) in [5.74, 6) is -1.21. The second kappa shape index (κ2) is 10.1. The Morgan fingerprint density at radius 2 is 1.80 bits per heavy atom. The molecule has 4 rings (SSSR count). The number of H-pyrrole nitrogens is 1. The first-order valence-corrected chi connectivity index (χ1v) is 12.1. The molecule has 2 heterocycles. The van der Waals surface area contributed by atoms with Crippen molar-refractivity contribution in [1.29, 1.82) is 0 Å². The van der Waals surface area contributed by atoms with E-state index in [-0.39, 0.29) is 30.4 Å². The maximum atomic E-state index is 13.1. The molecule has 0 spiro atoms. The third-order valence-corrected chi connectivity index (χ3v) is 6.95. The van der Waals surface area contributed by atoms with Crippen LogP contribution in [0.4, 0.5) is 10.7 Å². The van der Waals surface area contributed by atoms with Gasteiger partial charge < -0.3 is 20.4 Å². The molecule has 0 aliphatic heterocycles. The predicted molar refractivity (Wildman–Crippen MR) is 140 cm³/mol. The Bertz CT molecular complexity index is 1430. The van der Waals surface area contributed by atoms with E-state index in [0.29, 0.717) is 21.1 Å². The van der Waals surface area contributed by atoms with Crippen LogP contribution in [0.15, 0.2) is 48.7 Å². The molecule has 0 atom stereocenters. The van der Waals surface area contributed by atoms with Crippen molar-refractivity contribution in [3.05, 3.63) is 81.4 Å². The van der Waals surface area contributed by atoms with Gasteiger partial charge in [-0.2, -0.15) is 0 Å². The second-order valence-corrected chi connectivity index (χ2v) is 9.36. The van der Waals surface area contributed by atoms with Crippen molar-refractivity contribution in [3.63, 3.8) is 0 Å². The number of nitrogens with one attached hydrogen (secondary N) is 3. The van der Waals surface area contributed by atoms with Crippen molar-refractivity contribution in [1.82, 2.24) is 4.98 Å². The smallest absolute Gasteiger partial charge is 0.341 e. The molecule has 0 radical (unpaired) electrons. The first kappa shape index (κ1) is 24.2. The summed E-state index contributed by atoms with van der Waals surface area (Å²) in [7, 11) is 0. The van der Waals surface area contributed by atoms with E-state index >= 15 is 0 Å². The SMILES string of the molecule is CCOC(=O)c1c(NC(=O)Cc2c[nH]c3ccccc23)sc(C(=O)Nc2ccc(C)cc2C)c1C. The van der Waals surface area contributed by atoms with Crippen molar-refractivity contribution in [2.75, 3.05) is 17.2 Å². The molecular weight excluding hydrogens is 462 g/mol. The van der Waals surface area contributed by atoms with Gasteiger partial charge in [0.05, 0.1) is 23.5 Å². The topological polar surface area (TPSA) is 100 Å². The zero-order valence-electron chi connectivity index (χ0n) is 20.1. The molecule has 0 fully saturated rings. The molecule has 0 saturated carbocycles. The number of anilines is 2. The van der Waals surface area contributed by atoms with E-state index in [9.17, 15) is 14.4 Å². The number of aromatic amines is 1. The number of hydrogen-bond acceptors (Lipinski definition) is 5. The quantitative estimate of drug-likeness (QED) is 0.287. The van der Waals surface area contributed by atoms with Gasteiger partial charge in [0.25, 0.3) is 5.91 Å². The summed E-state index contributed by atoms with van der Waals surface area (Å²) in [6, 6.07) is 13.5. The van der Waals surface area contributed by atoms with Crippen LogP contribution < -0.4 is 10.6 Å². The molecule has 180 valence electrons. The molecule has 0 aliphatic rings. The average Bonchev–Trinajstić information content (AvgIpc) is 3.36. The van der Waals surface area contributed by atoms with Gasteiger partial charge in [-0.1, -0.05) is 35.9 Å². The molecule has 2 aromatic carbocycles. The molecule has 0 bridgehead atoms. The summed E-state index contributed by atoms with van der Waals surface area (Å²) in [5.41, 5.74) is 5.18. The molecule has 7 nitrogen and oxygen atoms in total. The standard InChI is InChI=1S/C27H27N3O4S/c1-5-34-27(33)23-17(4)24(25(32)29-20-11-10-15(2)12-16(20)3)35-26(23)30-22(31)13-18-14-28-21-9-7-6-8-19(18)21/h6-12,14,28H,5,13H2,1-4H3,(H,29,32)(H,30,31). The number of amides is 2. The van der Waals surface area contributed by atoms with E-state index in [4.69, 9.17) is 4.74 Å². The van der Waals surface area contributed by atoms with Crippen LogP contribution in [0, 0.1) is 20.8 Å². The van der Waals surface area contributed by atoms with E-state index in [1.807, 2.05) is 56.3 Å². The number of ether oxygens (including phenoxy) is 1. The molecule has 35 heavy (non-hydrogen) atoms. The van der Waals surface area contributed by atoms with Crippen molar-refractivity contribution in [2.24, 2.45) is 0 Å². The van der Waals surface area contributed by atoms with Crippen LogP contribution in [-0.2, 0) is 16.0 Å². The lowest BCUT2D eigenvalue weighted by Crippen LogP contribution is -2.16. The van der Waals surface area contributed by atoms with E-state index in [1.54, 1.807) is 20.0 Å². The third kappa shape index (κ3) is 5.12. The minimum Gasteiger partial charge on any atom is -0.462 e. The maximum absolute atomic E-state index is 13.1. The Morgan fingerprint density at radius 1 is 1.03 bits per heavy atom. The number of rotatable bonds is 7. The lowest BCUT2D eigenvalue weighted by atomic mass is 10.1. The van der Waals surface area contributed by atoms with Gasteiger partial charge in [0.1, 0.15) is 5.00 Å². The first-order chi connectivity index (χ1) is 16.8. The van der Waals surface area contributed by atoms with Crippen LogP contribution in [0.2, 0.25) is 0 Å². The normalized spacial score (nSPS) is 10.9. The highest BCUT2D eigenvalue weighted by Gasteiger charge is 2.27. The van der Waals surface area contributed by atoms with Gasteiger partial charge in [0.15, 0.2) is 0 Å². The van der Waals surface area contributed by atoms with Crippen LogP contribution in [0.25, 0.3) is 10.9 Å². The number of aromatic nitrogens is 1. The molecule has 0 aliphatic carbocycles. The molecule has 3 N–H and O–H groups in total.